The van der Waals surface area contributed by atoms with Crippen molar-refractivity contribution in [3.8, 4) is 0 Å². The molecule has 1 aromatic carbocycles. The number of piperidine rings is 1. The van der Waals surface area contributed by atoms with E-state index in [-0.39, 0.29) is 0 Å². The standard InChI is InChI=1S/C13H14FNO2/c14-12(13(16)17)10-6-8-15(9-7-10)11-4-2-1-3-5-11/h1-5H,6-9H2,(H,16,17). The largest absolute Gasteiger partial charge is 0.476 e. The summed E-state index contributed by atoms with van der Waals surface area (Å²) in [5, 5.41) is 8.57. The first-order valence-electron chi connectivity index (χ1n) is 5.59. The Bertz CT molecular complexity index is 432. The van der Waals surface area contributed by atoms with Gasteiger partial charge in [-0.05, 0) is 30.5 Å². The molecule has 0 radical (unpaired) electrons. The second-order valence-corrected chi connectivity index (χ2v) is 4.05. The van der Waals surface area contributed by atoms with Gasteiger partial charge >= 0.3 is 5.97 Å². The van der Waals surface area contributed by atoms with E-state index in [9.17, 15) is 9.18 Å². The summed E-state index contributed by atoms with van der Waals surface area (Å²) in [6.07, 6.45) is 0.958. The summed E-state index contributed by atoms with van der Waals surface area (Å²) in [5.41, 5.74) is 1.52. The van der Waals surface area contributed by atoms with Crippen LogP contribution in [0.1, 0.15) is 12.8 Å². The van der Waals surface area contributed by atoms with Crippen molar-refractivity contribution in [1.29, 1.82) is 0 Å². The highest BCUT2D eigenvalue weighted by atomic mass is 19.1. The maximum absolute atomic E-state index is 13.2. The lowest BCUT2D eigenvalue weighted by molar-refractivity contribution is -0.134. The number of hydrogen-bond donors (Lipinski definition) is 1. The van der Waals surface area contributed by atoms with Crippen LogP contribution < -0.4 is 4.90 Å². The Hall–Kier alpha value is -1.84. The molecule has 4 heteroatoms. The SMILES string of the molecule is O=C(O)C(F)=C1CCN(c2ccccc2)CC1. The van der Waals surface area contributed by atoms with E-state index < -0.39 is 11.8 Å². The summed E-state index contributed by atoms with van der Waals surface area (Å²) in [6, 6.07) is 9.87. The Balaban J connectivity index is 2.04. The summed E-state index contributed by atoms with van der Waals surface area (Å²) in [4.78, 5) is 12.6. The molecular weight excluding hydrogens is 221 g/mol. The van der Waals surface area contributed by atoms with Crippen LogP contribution in [0.5, 0.6) is 0 Å². The van der Waals surface area contributed by atoms with Crippen LogP contribution in [0.2, 0.25) is 0 Å². The van der Waals surface area contributed by atoms with Crippen LogP contribution in [0.4, 0.5) is 10.1 Å². The number of benzene rings is 1. The van der Waals surface area contributed by atoms with Gasteiger partial charge in [0.15, 0.2) is 0 Å². The van der Waals surface area contributed by atoms with E-state index in [0.29, 0.717) is 31.5 Å². The molecule has 0 spiro atoms. The summed E-state index contributed by atoms with van der Waals surface area (Å²) >= 11 is 0. The highest BCUT2D eigenvalue weighted by Crippen LogP contribution is 2.25. The minimum absolute atomic E-state index is 0.421. The summed E-state index contributed by atoms with van der Waals surface area (Å²) < 4.78 is 13.2. The van der Waals surface area contributed by atoms with Gasteiger partial charge in [-0.25, -0.2) is 4.79 Å². The third-order valence-electron chi connectivity index (χ3n) is 2.99. The number of nitrogens with zero attached hydrogens (tertiary/aromatic N) is 1. The number of hydrogen-bond acceptors (Lipinski definition) is 2. The number of aliphatic carboxylic acids is 1. The first-order chi connectivity index (χ1) is 8.18. The summed E-state index contributed by atoms with van der Waals surface area (Å²) in [6.45, 7) is 1.33. The minimum atomic E-state index is -1.45. The molecule has 0 saturated carbocycles. The molecule has 1 aromatic rings. The second kappa shape index (κ2) is 4.99. The lowest BCUT2D eigenvalue weighted by Crippen LogP contribution is -2.31. The number of para-hydroxylation sites is 1. The lowest BCUT2D eigenvalue weighted by Gasteiger charge is -2.30. The van der Waals surface area contributed by atoms with Crippen molar-refractivity contribution in [1.82, 2.24) is 0 Å². The molecule has 3 nitrogen and oxygen atoms in total. The molecule has 17 heavy (non-hydrogen) atoms. The van der Waals surface area contributed by atoms with Crippen LogP contribution in [0.3, 0.4) is 0 Å². The van der Waals surface area contributed by atoms with E-state index in [1.165, 1.54) is 0 Å². The van der Waals surface area contributed by atoms with Crippen molar-refractivity contribution in [2.75, 3.05) is 18.0 Å². The molecule has 90 valence electrons. The molecule has 2 rings (SSSR count). The van der Waals surface area contributed by atoms with Crippen molar-refractivity contribution in [2.45, 2.75) is 12.8 Å². The monoisotopic (exact) mass is 235 g/mol. The zero-order valence-corrected chi connectivity index (χ0v) is 9.40. The molecule has 0 bridgehead atoms. The second-order valence-electron chi connectivity index (χ2n) is 4.05. The normalized spacial score (nSPS) is 15.8. The molecule has 0 unspecified atom stereocenters. The first kappa shape index (κ1) is 11.6. The maximum Gasteiger partial charge on any atom is 0.364 e. The van der Waals surface area contributed by atoms with Crippen LogP contribution in [0.25, 0.3) is 0 Å². The molecule has 1 aliphatic heterocycles. The molecule has 1 saturated heterocycles. The van der Waals surface area contributed by atoms with Crippen LogP contribution in [-0.2, 0) is 4.79 Å². The smallest absolute Gasteiger partial charge is 0.364 e. The number of rotatable bonds is 2. The van der Waals surface area contributed by atoms with Gasteiger partial charge < -0.3 is 10.0 Å². The van der Waals surface area contributed by atoms with Gasteiger partial charge in [-0.15, -0.1) is 0 Å². The van der Waals surface area contributed by atoms with Gasteiger partial charge in [0, 0.05) is 18.8 Å². The van der Waals surface area contributed by atoms with Crippen molar-refractivity contribution in [2.24, 2.45) is 0 Å². The molecule has 0 aromatic heterocycles. The van der Waals surface area contributed by atoms with Gasteiger partial charge in [-0.1, -0.05) is 18.2 Å². The van der Waals surface area contributed by atoms with Gasteiger partial charge in [0.2, 0.25) is 5.83 Å². The van der Waals surface area contributed by atoms with E-state index in [1.807, 2.05) is 30.3 Å². The molecule has 0 amide bonds. The van der Waals surface area contributed by atoms with Gasteiger partial charge in [0.1, 0.15) is 0 Å². The third kappa shape index (κ3) is 2.64. The number of carboxylic acids is 1. The minimum Gasteiger partial charge on any atom is -0.476 e. The van der Waals surface area contributed by atoms with E-state index in [0.717, 1.165) is 5.69 Å². The highest BCUT2D eigenvalue weighted by molar-refractivity contribution is 5.85. The molecular formula is C13H14FNO2. The van der Waals surface area contributed by atoms with Crippen LogP contribution in [0.15, 0.2) is 41.7 Å². The molecule has 1 heterocycles. The van der Waals surface area contributed by atoms with Crippen LogP contribution in [0, 0.1) is 0 Å². The Morgan fingerprint density at radius 2 is 1.76 bits per heavy atom. The number of halogens is 1. The van der Waals surface area contributed by atoms with Gasteiger partial charge in [-0.3, -0.25) is 0 Å². The van der Waals surface area contributed by atoms with Crippen molar-refractivity contribution >= 4 is 11.7 Å². The van der Waals surface area contributed by atoms with Gasteiger partial charge in [0.05, 0.1) is 0 Å². The van der Waals surface area contributed by atoms with Crippen LogP contribution in [-0.4, -0.2) is 24.2 Å². The third-order valence-corrected chi connectivity index (χ3v) is 2.99. The lowest BCUT2D eigenvalue weighted by atomic mass is 10.0. The average Bonchev–Trinajstić information content (AvgIpc) is 2.39. The van der Waals surface area contributed by atoms with Crippen molar-refractivity contribution in [3.05, 3.63) is 41.7 Å². The predicted molar refractivity (Wildman–Crippen MR) is 63.7 cm³/mol. The zero-order chi connectivity index (χ0) is 12.3. The number of carboxylic acid groups (broad SMARTS) is 1. The fourth-order valence-corrected chi connectivity index (χ4v) is 2.04. The Labute approximate surface area is 99.2 Å². The van der Waals surface area contributed by atoms with Crippen LogP contribution >= 0.6 is 0 Å². The fourth-order valence-electron chi connectivity index (χ4n) is 2.04. The average molecular weight is 235 g/mol. The Kier molecular flexibility index (Phi) is 3.42. The van der Waals surface area contributed by atoms with E-state index in [1.54, 1.807) is 0 Å². The van der Waals surface area contributed by atoms with Gasteiger partial charge in [-0.2, -0.15) is 4.39 Å². The molecule has 1 fully saturated rings. The Morgan fingerprint density at radius 3 is 2.29 bits per heavy atom. The molecule has 0 aliphatic carbocycles. The van der Waals surface area contributed by atoms with E-state index in [2.05, 4.69) is 4.90 Å². The van der Waals surface area contributed by atoms with E-state index >= 15 is 0 Å². The highest BCUT2D eigenvalue weighted by Gasteiger charge is 2.20. The Morgan fingerprint density at radius 1 is 1.18 bits per heavy atom. The maximum atomic E-state index is 13.2. The van der Waals surface area contributed by atoms with Gasteiger partial charge in [0.25, 0.3) is 0 Å². The quantitative estimate of drug-likeness (QED) is 0.801. The zero-order valence-electron chi connectivity index (χ0n) is 9.40. The summed E-state index contributed by atoms with van der Waals surface area (Å²) in [7, 11) is 0. The first-order valence-corrected chi connectivity index (χ1v) is 5.59. The molecule has 1 aliphatic rings. The fraction of sp³-hybridized carbons (Fsp3) is 0.308. The van der Waals surface area contributed by atoms with Crippen molar-refractivity contribution < 1.29 is 14.3 Å². The van der Waals surface area contributed by atoms with Crippen molar-refractivity contribution in [3.63, 3.8) is 0 Å². The molecule has 1 N–H and O–H groups in total. The number of anilines is 1. The summed E-state index contributed by atoms with van der Waals surface area (Å²) in [5.74, 6) is -2.43. The van der Waals surface area contributed by atoms with E-state index in [4.69, 9.17) is 5.11 Å². The topological polar surface area (TPSA) is 40.5 Å². The molecule has 0 atom stereocenters. The predicted octanol–water partition coefficient (Wildman–Crippen LogP) is 2.60. The number of carbonyl (C=O) groups is 1.